The van der Waals surface area contributed by atoms with Gasteiger partial charge in [0.1, 0.15) is 0 Å². The molecule has 3 nitrogen and oxygen atoms in total. The molecule has 0 bridgehead atoms. The predicted octanol–water partition coefficient (Wildman–Crippen LogP) is 2.53. The zero-order valence-electron chi connectivity index (χ0n) is 14.0. The average molecular weight is 290 g/mol. The monoisotopic (exact) mass is 290 g/mol. The minimum absolute atomic E-state index is 0.574. The lowest BCUT2D eigenvalue weighted by atomic mass is 9.98. The number of hydrogen-bond acceptors (Lipinski definition) is 3. The third-order valence-electron chi connectivity index (χ3n) is 4.43. The molecule has 3 heteroatoms. The van der Waals surface area contributed by atoms with Crippen LogP contribution in [0.1, 0.15) is 37.8 Å². The van der Waals surface area contributed by atoms with E-state index in [1.54, 1.807) is 0 Å². The summed E-state index contributed by atoms with van der Waals surface area (Å²) in [7, 11) is 4.34. The second kappa shape index (κ2) is 6.91. The highest BCUT2D eigenvalue weighted by Crippen LogP contribution is 2.18. The molecule has 0 radical (unpaired) electrons. The van der Waals surface area contributed by atoms with E-state index in [4.69, 9.17) is 0 Å². The Morgan fingerprint density at radius 1 is 1.19 bits per heavy atom. The molecule has 0 saturated carbocycles. The van der Waals surface area contributed by atoms with E-state index in [0.717, 1.165) is 19.4 Å². The van der Waals surface area contributed by atoms with Crippen LogP contribution in [0.25, 0.3) is 0 Å². The van der Waals surface area contributed by atoms with E-state index in [9.17, 15) is 5.11 Å². The molecule has 21 heavy (non-hydrogen) atoms. The number of hydrogen-bond donors (Lipinski definition) is 1. The maximum atomic E-state index is 9.78. The molecular weight excluding hydrogens is 260 g/mol. The van der Waals surface area contributed by atoms with Gasteiger partial charge in [-0.2, -0.15) is 0 Å². The average Bonchev–Trinajstić information content (AvgIpc) is 2.86. The highest BCUT2D eigenvalue weighted by molar-refractivity contribution is 5.23. The Bertz CT molecular complexity index is 434. The Balaban J connectivity index is 1.83. The lowest BCUT2D eigenvalue weighted by Crippen LogP contribution is -2.31. The van der Waals surface area contributed by atoms with Gasteiger partial charge in [-0.3, -0.25) is 4.90 Å². The van der Waals surface area contributed by atoms with Gasteiger partial charge in [0.2, 0.25) is 0 Å². The number of aliphatic hydroxyl groups is 1. The van der Waals surface area contributed by atoms with Gasteiger partial charge in [-0.25, -0.2) is 0 Å². The van der Waals surface area contributed by atoms with Crippen LogP contribution in [-0.2, 0) is 13.0 Å². The molecule has 0 amide bonds. The third kappa shape index (κ3) is 5.42. The summed E-state index contributed by atoms with van der Waals surface area (Å²) >= 11 is 0. The standard InChI is InChI=1S/C18H30N2O/c1-18(2,21)11-9-15-5-7-16(8-6-15)13-20-12-10-17(14-20)19(3)4/h5-8,17,21H,9-14H2,1-4H3. The van der Waals surface area contributed by atoms with Crippen LogP contribution < -0.4 is 0 Å². The first-order valence-electron chi connectivity index (χ1n) is 8.02. The Labute approximate surface area is 129 Å². The van der Waals surface area contributed by atoms with Crippen molar-refractivity contribution in [3.8, 4) is 0 Å². The van der Waals surface area contributed by atoms with Crippen LogP contribution in [0.3, 0.4) is 0 Å². The van der Waals surface area contributed by atoms with Crippen molar-refractivity contribution in [2.75, 3.05) is 27.2 Å². The normalized spacial score (nSPS) is 20.4. The molecule has 1 aliphatic rings. The first kappa shape index (κ1) is 16.5. The van der Waals surface area contributed by atoms with Crippen LogP contribution in [0.4, 0.5) is 0 Å². The topological polar surface area (TPSA) is 26.7 Å². The lowest BCUT2D eigenvalue weighted by Gasteiger charge is -2.20. The molecule has 1 aromatic rings. The molecule has 0 aromatic heterocycles. The molecule has 1 fully saturated rings. The zero-order valence-corrected chi connectivity index (χ0v) is 14.0. The van der Waals surface area contributed by atoms with E-state index in [0.29, 0.717) is 6.04 Å². The molecule has 2 rings (SSSR count). The van der Waals surface area contributed by atoms with Crippen LogP contribution in [-0.4, -0.2) is 53.7 Å². The molecule has 1 aliphatic heterocycles. The Kier molecular flexibility index (Phi) is 5.42. The summed E-state index contributed by atoms with van der Waals surface area (Å²) in [4.78, 5) is 4.87. The summed E-state index contributed by atoms with van der Waals surface area (Å²) in [6.07, 6.45) is 3.02. The summed E-state index contributed by atoms with van der Waals surface area (Å²) < 4.78 is 0. The van der Waals surface area contributed by atoms with Gasteiger partial charge in [-0.1, -0.05) is 24.3 Å². The second-order valence-corrected chi connectivity index (χ2v) is 7.27. The Morgan fingerprint density at radius 2 is 1.81 bits per heavy atom. The predicted molar refractivity (Wildman–Crippen MR) is 88.4 cm³/mol. The molecule has 1 heterocycles. The van der Waals surface area contributed by atoms with Crippen molar-refractivity contribution < 1.29 is 5.11 Å². The smallest absolute Gasteiger partial charge is 0.0594 e. The van der Waals surface area contributed by atoms with Crippen molar-refractivity contribution in [3.63, 3.8) is 0 Å². The zero-order chi connectivity index (χ0) is 15.5. The van der Waals surface area contributed by atoms with E-state index in [1.807, 2.05) is 13.8 Å². The molecule has 1 N–H and O–H groups in total. The molecule has 1 unspecified atom stereocenters. The number of rotatable bonds is 6. The SMILES string of the molecule is CN(C)C1CCN(Cc2ccc(CCC(C)(C)O)cc2)C1. The summed E-state index contributed by atoms with van der Waals surface area (Å²) in [5.41, 5.74) is 2.13. The lowest BCUT2D eigenvalue weighted by molar-refractivity contribution is 0.0714. The number of likely N-dealkylation sites (tertiary alicyclic amines) is 1. The molecule has 1 saturated heterocycles. The highest BCUT2D eigenvalue weighted by Gasteiger charge is 2.23. The van der Waals surface area contributed by atoms with Crippen molar-refractivity contribution in [1.82, 2.24) is 9.80 Å². The Morgan fingerprint density at radius 3 is 2.33 bits per heavy atom. The van der Waals surface area contributed by atoms with E-state index in [-0.39, 0.29) is 0 Å². The minimum atomic E-state index is -0.574. The molecular formula is C18H30N2O. The van der Waals surface area contributed by atoms with Gasteiger partial charge >= 0.3 is 0 Å². The van der Waals surface area contributed by atoms with Crippen LogP contribution in [0.5, 0.6) is 0 Å². The number of benzene rings is 1. The van der Waals surface area contributed by atoms with Crippen molar-refractivity contribution in [1.29, 1.82) is 0 Å². The summed E-state index contributed by atoms with van der Waals surface area (Å²) in [5, 5.41) is 9.78. The second-order valence-electron chi connectivity index (χ2n) is 7.27. The Hall–Kier alpha value is -0.900. The van der Waals surface area contributed by atoms with Gasteiger partial charge in [0, 0.05) is 25.7 Å². The maximum Gasteiger partial charge on any atom is 0.0594 e. The van der Waals surface area contributed by atoms with Crippen molar-refractivity contribution in [2.24, 2.45) is 0 Å². The molecule has 0 aliphatic carbocycles. The summed E-state index contributed by atoms with van der Waals surface area (Å²) in [5.74, 6) is 0. The minimum Gasteiger partial charge on any atom is -0.390 e. The summed E-state index contributed by atoms with van der Waals surface area (Å²) in [6.45, 7) is 7.17. The van der Waals surface area contributed by atoms with Gasteiger partial charge in [0.05, 0.1) is 5.60 Å². The van der Waals surface area contributed by atoms with Crippen LogP contribution in [0.15, 0.2) is 24.3 Å². The first-order chi connectivity index (χ1) is 9.83. The van der Waals surface area contributed by atoms with E-state index in [2.05, 4.69) is 48.2 Å². The molecule has 0 spiro atoms. The van der Waals surface area contributed by atoms with Crippen molar-refractivity contribution in [2.45, 2.75) is 51.3 Å². The highest BCUT2D eigenvalue weighted by atomic mass is 16.3. The van der Waals surface area contributed by atoms with Crippen LogP contribution in [0.2, 0.25) is 0 Å². The summed E-state index contributed by atoms with van der Waals surface area (Å²) in [6, 6.07) is 9.60. The van der Waals surface area contributed by atoms with E-state index < -0.39 is 5.60 Å². The first-order valence-corrected chi connectivity index (χ1v) is 8.02. The van der Waals surface area contributed by atoms with E-state index >= 15 is 0 Å². The fraction of sp³-hybridized carbons (Fsp3) is 0.667. The van der Waals surface area contributed by atoms with Gasteiger partial charge in [0.15, 0.2) is 0 Å². The number of aryl methyl sites for hydroxylation is 1. The van der Waals surface area contributed by atoms with Gasteiger partial charge in [-0.15, -0.1) is 0 Å². The van der Waals surface area contributed by atoms with Crippen molar-refractivity contribution >= 4 is 0 Å². The number of nitrogens with zero attached hydrogens (tertiary/aromatic N) is 2. The van der Waals surface area contributed by atoms with Gasteiger partial charge in [-0.05, 0) is 58.3 Å². The molecule has 1 aromatic carbocycles. The molecule has 1 atom stereocenters. The fourth-order valence-corrected chi connectivity index (χ4v) is 2.90. The molecule has 118 valence electrons. The largest absolute Gasteiger partial charge is 0.390 e. The maximum absolute atomic E-state index is 9.78. The third-order valence-corrected chi connectivity index (χ3v) is 4.43. The van der Waals surface area contributed by atoms with Gasteiger partial charge < -0.3 is 10.0 Å². The quantitative estimate of drug-likeness (QED) is 0.872. The van der Waals surface area contributed by atoms with Crippen molar-refractivity contribution in [3.05, 3.63) is 35.4 Å². The van der Waals surface area contributed by atoms with Gasteiger partial charge in [0.25, 0.3) is 0 Å². The van der Waals surface area contributed by atoms with E-state index in [1.165, 1.54) is 30.6 Å². The van der Waals surface area contributed by atoms with Crippen LogP contribution in [0, 0.1) is 0 Å². The van der Waals surface area contributed by atoms with Crippen LogP contribution >= 0.6 is 0 Å². The fourth-order valence-electron chi connectivity index (χ4n) is 2.90. The number of likely N-dealkylation sites (N-methyl/N-ethyl adjacent to an activating group) is 1.